The largest absolute Gasteiger partial charge is 0.478 e. The summed E-state index contributed by atoms with van der Waals surface area (Å²) in [5.74, 6) is -1.47. The number of carboxylic acid groups (broad SMARTS) is 1. The molecule has 0 aliphatic carbocycles. The fourth-order valence-corrected chi connectivity index (χ4v) is 1.55. The smallest absolute Gasteiger partial charge is 0.433 e. The molecule has 0 bridgehead atoms. The number of nitrogens with zero attached hydrogens (tertiary/aromatic N) is 4. The van der Waals surface area contributed by atoms with Gasteiger partial charge in [-0.05, 0) is 12.1 Å². The summed E-state index contributed by atoms with van der Waals surface area (Å²) in [6.07, 6.45) is -3.24. The predicted octanol–water partition coefficient (Wildman–Crippen LogP) is 1.54. The molecular formula is C11H10F3N5O2. The van der Waals surface area contributed by atoms with E-state index < -0.39 is 17.8 Å². The van der Waals surface area contributed by atoms with Crippen LogP contribution in [-0.4, -0.2) is 30.8 Å². The number of nitrogens with one attached hydrogen (secondary N) is 1. The second-order valence-electron chi connectivity index (χ2n) is 4.08. The van der Waals surface area contributed by atoms with Gasteiger partial charge in [-0.1, -0.05) is 0 Å². The molecule has 0 unspecified atom stereocenters. The minimum Gasteiger partial charge on any atom is -0.478 e. The number of aromatic nitrogens is 4. The maximum absolute atomic E-state index is 12.6. The number of hydrogen-bond donors (Lipinski definition) is 2. The molecule has 112 valence electrons. The van der Waals surface area contributed by atoms with Crippen LogP contribution in [-0.2, 0) is 19.8 Å². The summed E-state index contributed by atoms with van der Waals surface area (Å²) in [5, 5.41) is 15.4. The third-order valence-electron chi connectivity index (χ3n) is 2.48. The molecule has 2 aromatic heterocycles. The second kappa shape index (κ2) is 5.38. The van der Waals surface area contributed by atoms with Gasteiger partial charge in [0, 0.05) is 7.05 Å². The number of alkyl halides is 3. The van der Waals surface area contributed by atoms with E-state index in [0.29, 0.717) is 11.9 Å². The highest BCUT2D eigenvalue weighted by atomic mass is 19.4. The summed E-state index contributed by atoms with van der Waals surface area (Å²) >= 11 is 0. The van der Waals surface area contributed by atoms with Crippen LogP contribution in [0.5, 0.6) is 0 Å². The number of hydrogen-bond acceptors (Lipinski definition) is 5. The Morgan fingerprint density at radius 1 is 1.43 bits per heavy atom. The Labute approximate surface area is 116 Å². The Morgan fingerprint density at radius 2 is 2.14 bits per heavy atom. The number of carbonyl (C=O) groups is 1. The number of pyridine rings is 1. The van der Waals surface area contributed by atoms with Crippen LogP contribution < -0.4 is 5.32 Å². The first-order chi connectivity index (χ1) is 9.77. The van der Waals surface area contributed by atoms with Crippen LogP contribution >= 0.6 is 0 Å². The number of anilines is 1. The van der Waals surface area contributed by atoms with Crippen LogP contribution in [0.1, 0.15) is 21.9 Å². The van der Waals surface area contributed by atoms with Crippen LogP contribution in [0.4, 0.5) is 19.0 Å². The highest BCUT2D eigenvalue weighted by Crippen LogP contribution is 2.29. The lowest BCUT2D eigenvalue weighted by molar-refractivity contribution is -0.141. The Kier molecular flexibility index (Phi) is 3.78. The number of rotatable bonds is 4. The average Bonchev–Trinajstić information content (AvgIpc) is 2.80. The highest BCUT2D eigenvalue weighted by molar-refractivity contribution is 5.93. The first-order valence-electron chi connectivity index (χ1n) is 5.67. The van der Waals surface area contributed by atoms with Gasteiger partial charge in [-0.25, -0.2) is 14.8 Å². The lowest BCUT2D eigenvalue weighted by atomic mass is 10.2. The van der Waals surface area contributed by atoms with Gasteiger partial charge in [0.15, 0.2) is 5.82 Å². The van der Waals surface area contributed by atoms with Crippen molar-refractivity contribution < 1.29 is 23.1 Å². The van der Waals surface area contributed by atoms with E-state index in [2.05, 4.69) is 20.4 Å². The minimum atomic E-state index is -4.66. The van der Waals surface area contributed by atoms with E-state index in [9.17, 15) is 18.0 Å². The Morgan fingerprint density at radius 3 is 2.67 bits per heavy atom. The number of carboxylic acids is 1. The van der Waals surface area contributed by atoms with E-state index in [4.69, 9.17) is 5.11 Å². The fraction of sp³-hybridized carbons (Fsp3) is 0.273. The molecule has 0 saturated heterocycles. The molecule has 0 aliphatic heterocycles. The van der Waals surface area contributed by atoms with Gasteiger partial charge in [-0.3, -0.25) is 4.68 Å². The maximum atomic E-state index is 12.6. The number of aromatic carboxylic acids is 1. The number of aryl methyl sites for hydroxylation is 1. The quantitative estimate of drug-likeness (QED) is 0.890. The first-order valence-corrected chi connectivity index (χ1v) is 5.67. The standard InChI is InChI=1S/C11H10F3N5O2/c1-19-5-16-8(18-19)4-15-9-6(10(20)21)2-3-7(17-9)11(12,13)14/h2-3,5H,4H2,1H3,(H,15,17)(H,20,21). The highest BCUT2D eigenvalue weighted by Gasteiger charge is 2.33. The summed E-state index contributed by atoms with van der Waals surface area (Å²) in [6.45, 7) is -0.0462. The van der Waals surface area contributed by atoms with E-state index in [-0.39, 0.29) is 17.9 Å². The SMILES string of the molecule is Cn1cnc(CNc2nc(C(F)(F)F)ccc2C(=O)O)n1. The Balaban J connectivity index is 2.28. The van der Waals surface area contributed by atoms with Gasteiger partial charge in [-0.2, -0.15) is 18.3 Å². The van der Waals surface area contributed by atoms with Crippen molar-refractivity contribution in [2.75, 3.05) is 5.32 Å². The van der Waals surface area contributed by atoms with E-state index in [1.165, 1.54) is 11.0 Å². The van der Waals surface area contributed by atoms with Crippen molar-refractivity contribution >= 4 is 11.8 Å². The molecule has 0 atom stereocenters. The molecule has 0 fully saturated rings. The monoisotopic (exact) mass is 301 g/mol. The predicted molar refractivity (Wildman–Crippen MR) is 64.5 cm³/mol. The van der Waals surface area contributed by atoms with E-state index >= 15 is 0 Å². The molecule has 10 heteroatoms. The van der Waals surface area contributed by atoms with Crippen LogP contribution in [0, 0.1) is 0 Å². The summed E-state index contributed by atoms with van der Waals surface area (Å²) in [6, 6.07) is 1.47. The zero-order valence-electron chi connectivity index (χ0n) is 10.7. The lowest BCUT2D eigenvalue weighted by Gasteiger charge is -2.11. The van der Waals surface area contributed by atoms with Crippen molar-refractivity contribution in [1.82, 2.24) is 19.7 Å². The minimum absolute atomic E-state index is 0.0462. The van der Waals surface area contributed by atoms with E-state index in [1.54, 1.807) is 7.05 Å². The molecule has 7 nitrogen and oxygen atoms in total. The van der Waals surface area contributed by atoms with Crippen molar-refractivity contribution in [3.63, 3.8) is 0 Å². The third kappa shape index (κ3) is 3.46. The number of halogens is 3. The summed E-state index contributed by atoms with van der Waals surface area (Å²) in [4.78, 5) is 18.2. The van der Waals surface area contributed by atoms with Crippen LogP contribution in [0.15, 0.2) is 18.5 Å². The Bertz CT molecular complexity index is 668. The van der Waals surface area contributed by atoms with E-state index in [1.807, 2.05) is 0 Å². The maximum Gasteiger partial charge on any atom is 0.433 e. The van der Waals surface area contributed by atoms with Crippen LogP contribution in [0.3, 0.4) is 0 Å². The molecule has 2 N–H and O–H groups in total. The van der Waals surface area contributed by atoms with Crippen molar-refractivity contribution in [3.8, 4) is 0 Å². The normalized spacial score (nSPS) is 11.4. The van der Waals surface area contributed by atoms with Gasteiger partial charge >= 0.3 is 12.1 Å². The Hall–Kier alpha value is -2.65. The zero-order chi connectivity index (χ0) is 15.6. The molecular weight excluding hydrogens is 291 g/mol. The molecule has 0 aliphatic rings. The zero-order valence-corrected chi connectivity index (χ0v) is 10.7. The summed E-state index contributed by atoms with van der Waals surface area (Å²) < 4.78 is 39.2. The molecule has 2 aromatic rings. The van der Waals surface area contributed by atoms with Crippen LogP contribution in [0.2, 0.25) is 0 Å². The first kappa shape index (κ1) is 14.8. The van der Waals surface area contributed by atoms with Gasteiger partial charge in [0.2, 0.25) is 0 Å². The van der Waals surface area contributed by atoms with Gasteiger partial charge in [0.25, 0.3) is 0 Å². The molecule has 0 radical (unpaired) electrons. The van der Waals surface area contributed by atoms with Crippen molar-refractivity contribution in [3.05, 3.63) is 35.5 Å². The molecule has 2 heterocycles. The van der Waals surface area contributed by atoms with Crippen molar-refractivity contribution in [1.29, 1.82) is 0 Å². The van der Waals surface area contributed by atoms with Gasteiger partial charge in [0.05, 0.1) is 6.54 Å². The molecule has 0 saturated carbocycles. The molecule has 21 heavy (non-hydrogen) atoms. The fourth-order valence-electron chi connectivity index (χ4n) is 1.55. The molecule has 0 amide bonds. The summed E-state index contributed by atoms with van der Waals surface area (Å²) in [7, 11) is 1.63. The van der Waals surface area contributed by atoms with Crippen LogP contribution in [0.25, 0.3) is 0 Å². The van der Waals surface area contributed by atoms with E-state index in [0.717, 1.165) is 6.07 Å². The van der Waals surface area contributed by atoms with Gasteiger partial charge in [0.1, 0.15) is 23.4 Å². The molecule has 0 spiro atoms. The average molecular weight is 301 g/mol. The van der Waals surface area contributed by atoms with Gasteiger partial charge in [-0.15, -0.1) is 0 Å². The molecule has 0 aromatic carbocycles. The van der Waals surface area contributed by atoms with Crippen molar-refractivity contribution in [2.24, 2.45) is 7.05 Å². The van der Waals surface area contributed by atoms with Crippen molar-refractivity contribution in [2.45, 2.75) is 12.7 Å². The second-order valence-corrected chi connectivity index (χ2v) is 4.08. The summed E-state index contributed by atoms with van der Waals surface area (Å²) in [5.41, 5.74) is -1.54. The third-order valence-corrected chi connectivity index (χ3v) is 2.48. The van der Waals surface area contributed by atoms with Gasteiger partial charge < -0.3 is 10.4 Å². The topological polar surface area (TPSA) is 92.9 Å². The molecule has 2 rings (SSSR count). The lowest BCUT2D eigenvalue weighted by Crippen LogP contribution is -2.14.